The van der Waals surface area contributed by atoms with E-state index in [4.69, 9.17) is 26.4 Å². The van der Waals surface area contributed by atoms with Crippen molar-refractivity contribution in [2.24, 2.45) is 0 Å². The van der Waals surface area contributed by atoms with Crippen molar-refractivity contribution in [1.29, 1.82) is 0 Å². The molecule has 6 nitrogen and oxygen atoms in total. The lowest BCUT2D eigenvalue weighted by Crippen LogP contribution is -2.34. The summed E-state index contributed by atoms with van der Waals surface area (Å²) in [6.45, 7) is 7.53. The van der Waals surface area contributed by atoms with E-state index in [1.54, 1.807) is 18.2 Å². The molecule has 0 heterocycles. The molecule has 2 aromatic carbocycles. The van der Waals surface area contributed by atoms with Crippen LogP contribution in [-0.4, -0.2) is 36.9 Å². The van der Waals surface area contributed by atoms with Gasteiger partial charge in [-0.1, -0.05) is 25.1 Å². The quantitative estimate of drug-likeness (QED) is 0.442. The molecule has 1 unspecified atom stereocenters. The second-order valence-corrected chi connectivity index (χ2v) is 6.72. The molecule has 0 aliphatic carbocycles. The first-order chi connectivity index (χ1) is 14.0. The third kappa shape index (κ3) is 7.71. The van der Waals surface area contributed by atoms with Gasteiger partial charge in [-0.15, -0.1) is 0 Å². The maximum absolute atomic E-state index is 12.5. The highest BCUT2D eigenvalue weighted by Crippen LogP contribution is 2.23. The maximum Gasteiger partial charge on any atom is 0.257 e. The molecular weight excluding hydrogens is 388 g/mol. The van der Waals surface area contributed by atoms with Gasteiger partial charge >= 0.3 is 0 Å². The van der Waals surface area contributed by atoms with Gasteiger partial charge in [0.2, 0.25) is 0 Å². The van der Waals surface area contributed by atoms with Crippen molar-refractivity contribution in [2.75, 3.05) is 25.1 Å². The Morgan fingerprint density at radius 3 is 2.66 bits per heavy atom. The second-order valence-electron chi connectivity index (χ2n) is 6.31. The summed E-state index contributed by atoms with van der Waals surface area (Å²) in [6.07, 6.45) is 0.964. The van der Waals surface area contributed by atoms with Gasteiger partial charge in [0.25, 0.3) is 5.91 Å². The zero-order valence-corrected chi connectivity index (χ0v) is 17.9. The van der Waals surface area contributed by atoms with Crippen LogP contribution in [0, 0.1) is 0 Å². The number of carbonyl (C=O) groups excluding carboxylic acids is 1. The minimum Gasteiger partial charge on any atom is -0.491 e. The largest absolute Gasteiger partial charge is 0.491 e. The average Bonchev–Trinajstić information content (AvgIpc) is 2.72. The monoisotopic (exact) mass is 416 g/mol. The first-order valence-corrected chi connectivity index (χ1v) is 10.1. The fourth-order valence-corrected chi connectivity index (χ4v) is 2.61. The van der Waals surface area contributed by atoms with E-state index >= 15 is 0 Å². The van der Waals surface area contributed by atoms with Crippen LogP contribution in [0.1, 0.15) is 37.6 Å². The number of benzene rings is 2. The van der Waals surface area contributed by atoms with E-state index < -0.39 is 0 Å². The molecule has 0 aliphatic rings. The SMILES string of the molecule is CCOCCOc1ccccc1NC(=S)NC(=O)c1cccc(OC(C)CC)c1. The zero-order chi connectivity index (χ0) is 21.1. The molecule has 2 N–H and O–H groups in total. The fourth-order valence-electron chi connectivity index (χ4n) is 2.41. The Labute approximate surface area is 177 Å². The van der Waals surface area contributed by atoms with Crippen molar-refractivity contribution >= 4 is 28.9 Å². The Balaban J connectivity index is 1.95. The van der Waals surface area contributed by atoms with E-state index in [9.17, 15) is 4.79 Å². The van der Waals surface area contributed by atoms with Crippen LogP contribution in [-0.2, 0) is 4.74 Å². The van der Waals surface area contributed by atoms with Crippen LogP contribution < -0.4 is 20.1 Å². The second kappa shape index (κ2) is 12.0. The number of ether oxygens (including phenoxy) is 3. The number of hydrogen-bond donors (Lipinski definition) is 2. The molecule has 1 atom stereocenters. The summed E-state index contributed by atoms with van der Waals surface area (Å²) >= 11 is 5.29. The van der Waals surface area contributed by atoms with Crippen LogP contribution in [0.3, 0.4) is 0 Å². The van der Waals surface area contributed by atoms with Crippen LogP contribution in [0.2, 0.25) is 0 Å². The lowest BCUT2D eigenvalue weighted by molar-refractivity contribution is 0.0977. The van der Waals surface area contributed by atoms with Crippen molar-refractivity contribution < 1.29 is 19.0 Å². The standard InChI is InChI=1S/C22H28N2O4S/c1-4-16(3)28-18-10-8-9-17(15-18)21(25)24-22(29)23-19-11-6-7-12-20(19)27-14-13-26-5-2/h6-12,15-16H,4-5,13-14H2,1-3H3,(H2,23,24,25,29). The lowest BCUT2D eigenvalue weighted by atomic mass is 10.2. The Morgan fingerprint density at radius 2 is 1.90 bits per heavy atom. The molecule has 156 valence electrons. The van der Waals surface area contributed by atoms with Gasteiger partial charge in [-0.05, 0) is 62.8 Å². The average molecular weight is 417 g/mol. The van der Waals surface area contributed by atoms with E-state index in [0.717, 1.165) is 6.42 Å². The number of hydrogen-bond acceptors (Lipinski definition) is 5. The molecule has 1 amide bonds. The van der Waals surface area contributed by atoms with Crippen LogP contribution in [0.25, 0.3) is 0 Å². The van der Waals surface area contributed by atoms with Crippen molar-refractivity contribution in [3.05, 3.63) is 54.1 Å². The van der Waals surface area contributed by atoms with E-state index in [0.29, 0.717) is 42.6 Å². The highest BCUT2D eigenvalue weighted by atomic mass is 32.1. The maximum atomic E-state index is 12.5. The van der Waals surface area contributed by atoms with Gasteiger partial charge in [-0.25, -0.2) is 0 Å². The highest BCUT2D eigenvalue weighted by molar-refractivity contribution is 7.80. The molecule has 0 saturated heterocycles. The first-order valence-electron chi connectivity index (χ1n) is 9.72. The first kappa shape index (κ1) is 22.6. The number of anilines is 1. The number of amides is 1. The molecule has 0 fully saturated rings. The summed E-state index contributed by atoms with van der Waals surface area (Å²) in [5.41, 5.74) is 1.14. The molecule has 0 aromatic heterocycles. The lowest BCUT2D eigenvalue weighted by Gasteiger charge is -2.15. The van der Waals surface area contributed by atoms with Crippen molar-refractivity contribution in [3.63, 3.8) is 0 Å². The molecule has 29 heavy (non-hydrogen) atoms. The Bertz CT molecular complexity index is 813. The molecule has 0 bridgehead atoms. The van der Waals surface area contributed by atoms with Gasteiger partial charge in [-0.3, -0.25) is 10.1 Å². The topological polar surface area (TPSA) is 68.8 Å². The van der Waals surface area contributed by atoms with Crippen LogP contribution in [0.15, 0.2) is 48.5 Å². The third-order valence-electron chi connectivity index (χ3n) is 4.06. The van der Waals surface area contributed by atoms with Gasteiger partial charge in [0, 0.05) is 12.2 Å². The van der Waals surface area contributed by atoms with E-state index in [1.807, 2.05) is 51.1 Å². The highest BCUT2D eigenvalue weighted by Gasteiger charge is 2.11. The Kier molecular flexibility index (Phi) is 9.40. The van der Waals surface area contributed by atoms with Crippen molar-refractivity contribution in [3.8, 4) is 11.5 Å². The van der Waals surface area contributed by atoms with Gasteiger partial charge in [0.05, 0.1) is 18.4 Å². The summed E-state index contributed by atoms with van der Waals surface area (Å²) in [7, 11) is 0. The molecule has 0 saturated carbocycles. The van der Waals surface area contributed by atoms with Gasteiger partial charge in [0.15, 0.2) is 5.11 Å². The van der Waals surface area contributed by atoms with Crippen LogP contribution >= 0.6 is 12.2 Å². The van der Waals surface area contributed by atoms with Crippen LogP contribution in [0.5, 0.6) is 11.5 Å². The predicted molar refractivity (Wildman–Crippen MR) is 119 cm³/mol. The normalized spacial score (nSPS) is 11.4. The Hall–Kier alpha value is -2.64. The molecule has 0 aliphatic heterocycles. The number of carbonyl (C=O) groups is 1. The summed E-state index contributed by atoms with van der Waals surface area (Å²) in [5.74, 6) is 0.971. The molecular formula is C22H28N2O4S. The van der Waals surface area contributed by atoms with Gasteiger partial charge < -0.3 is 19.5 Å². The smallest absolute Gasteiger partial charge is 0.257 e. The predicted octanol–water partition coefficient (Wildman–Crippen LogP) is 4.41. The minimum atomic E-state index is -0.313. The fraction of sp³-hybridized carbons (Fsp3) is 0.364. The molecule has 2 rings (SSSR count). The van der Waals surface area contributed by atoms with E-state index in [2.05, 4.69) is 10.6 Å². The summed E-state index contributed by atoms with van der Waals surface area (Å²) in [6, 6.07) is 14.4. The van der Waals surface area contributed by atoms with Crippen molar-refractivity contribution in [2.45, 2.75) is 33.3 Å². The summed E-state index contributed by atoms with van der Waals surface area (Å²) in [5, 5.41) is 5.88. The summed E-state index contributed by atoms with van der Waals surface area (Å²) in [4.78, 5) is 12.5. The zero-order valence-electron chi connectivity index (χ0n) is 17.1. The van der Waals surface area contributed by atoms with Crippen LogP contribution in [0.4, 0.5) is 5.69 Å². The number of nitrogens with one attached hydrogen (secondary N) is 2. The van der Waals surface area contributed by atoms with Gasteiger partial charge in [-0.2, -0.15) is 0 Å². The minimum absolute atomic E-state index is 0.0790. The molecule has 0 radical (unpaired) electrons. The third-order valence-corrected chi connectivity index (χ3v) is 4.26. The number of para-hydroxylation sites is 2. The molecule has 0 spiro atoms. The molecule has 7 heteroatoms. The molecule has 2 aromatic rings. The van der Waals surface area contributed by atoms with E-state index in [1.165, 1.54) is 0 Å². The number of thiocarbonyl (C=S) groups is 1. The number of rotatable bonds is 10. The Morgan fingerprint density at radius 1 is 1.10 bits per heavy atom. The summed E-state index contributed by atoms with van der Waals surface area (Å²) < 4.78 is 16.8. The van der Waals surface area contributed by atoms with E-state index in [-0.39, 0.29) is 17.1 Å². The van der Waals surface area contributed by atoms with Gasteiger partial charge in [0.1, 0.15) is 18.1 Å². The van der Waals surface area contributed by atoms with Crippen molar-refractivity contribution in [1.82, 2.24) is 5.32 Å².